The number of hydrogen-bond donors (Lipinski definition) is 2. The van der Waals surface area contributed by atoms with Crippen molar-refractivity contribution < 1.29 is 5.11 Å². The highest BCUT2D eigenvalue weighted by molar-refractivity contribution is 6.22. The summed E-state index contributed by atoms with van der Waals surface area (Å²) in [7, 11) is 0. The second-order valence-electron chi connectivity index (χ2n) is 3.78. The molecule has 0 aliphatic carbocycles. The van der Waals surface area contributed by atoms with Crippen LogP contribution in [0.1, 0.15) is 12.5 Å². The van der Waals surface area contributed by atoms with Crippen molar-refractivity contribution in [3.8, 4) is 0 Å². The van der Waals surface area contributed by atoms with Crippen LogP contribution in [0, 0.1) is 0 Å². The normalized spacial score (nSPS) is 26.5. The van der Waals surface area contributed by atoms with Crippen LogP contribution < -0.4 is 5.32 Å². The van der Waals surface area contributed by atoms with Crippen molar-refractivity contribution in [3.63, 3.8) is 0 Å². The first-order valence-corrected chi connectivity index (χ1v) is 5.47. The van der Waals surface area contributed by atoms with E-state index in [1.807, 2.05) is 42.2 Å². The Labute approximate surface area is 94.7 Å². The third kappa shape index (κ3) is 2.01. The van der Waals surface area contributed by atoms with E-state index in [9.17, 15) is 5.11 Å². The first-order valence-electron chi connectivity index (χ1n) is 5.09. The van der Waals surface area contributed by atoms with Gasteiger partial charge in [0.15, 0.2) is 0 Å². The molecule has 4 heteroatoms. The fourth-order valence-electron chi connectivity index (χ4n) is 1.92. The van der Waals surface area contributed by atoms with Gasteiger partial charge in [-0.15, -0.1) is 0 Å². The molecule has 0 saturated carbocycles. The largest absolute Gasteiger partial charge is 0.359 e. The third-order valence-corrected chi connectivity index (χ3v) is 3.22. The van der Waals surface area contributed by atoms with E-state index in [0.29, 0.717) is 5.56 Å². The Bertz CT molecular complexity index is 329. The van der Waals surface area contributed by atoms with Crippen molar-refractivity contribution in [2.24, 2.45) is 0 Å². The Morgan fingerprint density at radius 3 is 2.67 bits per heavy atom. The molecule has 0 aromatic heterocycles. The summed E-state index contributed by atoms with van der Waals surface area (Å²) in [5.74, 6) is 0. The molecule has 1 aromatic carbocycles. The lowest BCUT2D eigenvalue weighted by molar-refractivity contribution is -0.0483. The molecule has 0 spiro atoms. The van der Waals surface area contributed by atoms with Crippen LogP contribution in [0.4, 0.5) is 0 Å². The average molecular weight is 227 g/mol. The summed E-state index contributed by atoms with van der Waals surface area (Å²) in [6.45, 7) is 3.59. The SMILES string of the molecule is CC1NCCN1C(O)(Cl)c1ccccc1. The maximum absolute atomic E-state index is 10.3. The number of nitrogens with zero attached hydrogens (tertiary/aromatic N) is 1. The average Bonchev–Trinajstić information content (AvgIpc) is 2.66. The molecule has 1 aromatic rings. The van der Waals surface area contributed by atoms with E-state index >= 15 is 0 Å². The quantitative estimate of drug-likeness (QED) is 0.589. The lowest BCUT2D eigenvalue weighted by Gasteiger charge is -2.34. The topological polar surface area (TPSA) is 35.5 Å². The molecule has 1 saturated heterocycles. The van der Waals surface area contributed by atoms with Crippen molar-refractivity contribution in [3.05, 3.63) is 35.9 Å². The minimum atomic E-state index is -1.41. The zero-order chi connectivity index (χ0) is 10.9. The summed E-state index contributed by atoms with van der Waals surface area (Å²) in [6.07, 6.45) is 0.0905. The van der Waals surface area contributed by atoms with Crippen LogP contribution in [0.2, 0.25) is 0 Å². The summed E-state index contributed by atoms with van der Waals surface area (Å²) in [4.78, 5) is 1.84. The van der Waals surface area contributed by atoms with Crippen LogP contribution in [0.3, 0.4) is 0 Å². The molecule has 2 atom stereocenters. The van der Waals surface area contributed by atoms with E-state index in [0.717, 1.165) is 13.1 Å². The lowest BCUT2D eigenvalue weighted by atomic mass is 10.1. The number of rotatable bonds is 2. The Kier molecular flexibility index (Phi) is 2.98. The molecule has 0 bridgehead atoms. The van der Waals surface area contributed by atoms with Crippen LogP contribution in [0.15, 0.2) is 30.3 Å². The predicted octanol–water partition coefficient (Wildman–Crippen LogP) is 1.28. The Balaban J connectivity index is 2.26. The van der Waals surface area contributed by atoms with Crippen LogP contribution in [-0.2, 0) is 5.18 Å². The minimum Gasteiger partial charge on any atom is -0.359 e. The van der Waals surface area contributed by atoms with E-state index in [2.05, 4.69) is 5.32 Å². The fourth-order valence-corrected chi connectivity index (χ4v) is 2.28. The molecule has 15 heavy (non-hydrogen) atoms. The van der Waals surface area contributed by atoms with E-state index in [-0.39, 0.29) is 6.17 Å². The summed E-state index contributed by atoms with van der Waals surface area (Å²) in [5.41, 5.74) is 0.710. The van der Waals surface area contributed by atoms with E-state index in [1.165, 1.54) is 0 Å². The molecular formula is C11H15ClN2O. The minimum absolute atomic E-state index is 0.0905. The van der Waals surface area contributed by atoms with Gasteiger partial charge in [-0.3, -0.25) is 0 Å². The molecular weight excluding hydrogens is 212 g/mol. The molecule has 2 rings (SSSR count). The second-order valence-corrected chi connectivity index (χ2v) is 4.30. The summed E-state index contributed by atoms with van der Waals surface area (Å²) in [6, 6.07) is 9.31. The zero-order valence-corrected chi connectivity index (χ0v) is 9.41. The van der Waals surface area contributed by atoms with Gasteiger partial charge in [0.05, 0.1) is 6.17 Å². The number of halogens is 1. The number of alkyl halides is 1. The van der Waals surface area contributed by atoms with Gasteiger partial charge in [0, 0.05) is 18.7 Å². The molecule has 2 N–H and O–H groups in total. The molecule has 1 fully saturated rings. The molecule has 1 aliphatic heterocycles. The Hall–Kier alpha value is -0.610. The monoisotopic (exact) mass is 226 g/mol. The second kappa shape index (κ2) is 4.10. The van der Waals surface area contributed by atoms with Crippen molar-refractivity contribution in [1.29, 1.82) is 0 Å². The lowest BCUT2D eigenvalue weighted by Crippen LogP contribution is -2.46. The molecule has 0 radical (unpaired) electrons. The third-order valence-electron chi connectivity index (χ3n) is 2.78. The Morgan fingerprint density at radius 2 is 2.13 bits per heavy atom. The van der Waals surface area contributed by atoms with Gasteiger partial charge >= 0.3 is 0 Å². The zero-order valence-electron chi connectivity index (χ0n) is 8.65. The molecule has 1 aliphatic rings. The number of aliphatic hydroxyl groups is 1. The van der Waals surface area contributed by atoms with Crippen LogP contribution >= 0.6 is 11.6 Å². The predicted molar refractivity (Wildman–Crippen MR) is 60.4 cm³/mol. The summed E-state index contributed by atoms with van der Waals surface area (Å²) in [5, 5.41) is 12.1. The van der Waals surface area contributed by atoms with Gasteiger partial charge in [-0.05, 0) is 6.92 Å². The highest BCUT2D eigenvalue weighted by Crippen LogP contribution is 2.32. The van der Waals surface area contributed by atoms with E-state index in [4.69, 9.17) is 11.6 Å². The van der Waals surface area contributed by atoms with E-state index in [1.54, 1.807) is 0 Å². The Morgan fingerprint density at radius 1 is 1.47 bits per heavy atom. The van der Waals surface area contributed by atoms with Crippen molar-refractivity contribution in [2.45, 2.75) is 18.3 Å². The van der Waals surface area contributed by atoms with Crippen LogP contribution in [-0.4, -0.2) is 29.3 Å². The maximum Gasteiger partial charge on any atom is 0.224 e. The van der Waals surface area contributed by atoms with Gasteiger partial charge in [-0.1, -0.05) is 41.9 Å². The molecule has 0 amide bonds. The molecule has 3 nitrogen and oxygen atoms in total. The van der Waals surface area contributed by atoms with E-state index < -0.39 is 5.18 Å². The van der Waals surface area contributed by atoms with Gasteiger partial charge in [0.25, 0.3) is 0 Å². The van der Waals surface area contributed by atoms with Gasteiger partial charge in [0.1, 0.15) is 0 Å². The van der Waals surface area contributed by atoms with Crippen LogP contribution in [0.25, 0.3) is 0 Å². The molecule has 2 unspecified atom stereocenters. The molecule has 1 heterocycles. The fraction of sp³-hybridized carbons (Fsp3) is 0.455. The van der Waals surface area contributed by atoms with Gasteiger partial charge in [-0.25, -0.2) is 4.90 Å². The van der Waals surface area contributed by atoms with Gasteiger partial charge < -0.3 is 10.4 Å². The van der Waals surface area contributed by atoms with Gasteiger partial charge in [-0.2, -0.15) is 0 Å². The van der Waals surface area contributed by atoms with Crippen molar-refractivity contribution in [2.75, 3.05) is 13.1 Å². The number of hydrogen-bond acceptors (Lipinski definition) is 3. The first-order chi connectivity index (χ1) is 7.12. The number of nitrogens with one attached hydrogen (secondary N) is 1. The molecule has 82 valence electrons. The van der Waals surface area contributed by atoms with Crippen molar-refractivity contribution in [1.82, 2.24) is 10.2 Å². The highest BCUT2D eigenvalue weighted by atomic mass is 35.5. The number of benzene rings is 1. The standard InChI is InChI=1S/C11H15ClN2O/c1-9-13-7-8-14(9)11(12,15)10-5-3-2-4-6-10/h2-6,9,13,15H,7-8H2,1H3. The van der Waals surface area contributed by atoms with Crippen molar-refractivity contribution >= 4 is 11.6 Å². The highest BCUT2D eigenvalue weighted by Gasteiger charge is 2.39. The first kappa shape index (κ1) is 10.9. The maximum atomic E-state index is 10.3. The summed E-state index contributed by atoms with van der Waals surface area (Å²) < 4.78 is 0. The van der Waals surface area contributed by atoms with Crippen LogP contribution in [0.5, 0.6) is 0 Å². The summed E-state index contributed by atoms with van der Waals surface area (Å²) >= 11 is 6.20. The smallest absolute Gasteiger partial charge is 0.224 e. The van der Waals surface area contributed by atoms with Gasteiger partial charge in [0.2, 0.25) is 5.18 Å².